The van der Waals surface area contributed by atoms with Crippen LogP contribution in [0.2, 0.25) is 5.02 Å². The zero-order chi connectivity index (χ0) is 21.0. The minimum atomic E-state index is -0.457. The van der Waals surface area contributed by atoms with Gasteiger partial charge in [0.25, 0.3) is 0 Å². The van der Waals surface area contributed by atoms with E-state index in [1.807, 2.05) is 58.0 Å². The highest BCUT2D eigenvalue weighted by atomic mass is 35.5. The number of likely N-dealkylation sites (tertiary alicyclic amines) is 1. The van der Waals surface area contributed by atoms with Gasteiger partial charge in [0.05, 0.1) is 10.7 Å². The third kappa shape index (κ3) is 6.26. The standard InChI is InChI=1S/C24H29ClN2O2/c1-17-8-9-22(21(25)14-17)26-20-7-5-6-19(16-20)15-18-10-12-27(13-11-18)23(28)29-24(2,3)4/h5-9,14-16,26H,10-13H2,1-4H3. The Labute approximate surface area is 178 Å². The number of hydrogen-bond acceptors (Lipinski definition) is 3. The first-order valence-electron chi connectivity index (χ1n) is 10.0. The van der Waals surface area contributed by atoms with Gasteiger partial charge < -0.3 is 15.0 Å². The van der Waals surface area contributed by atoms with E-state index in [2.05, 4.69) is 23.5 Å². The van der Waals surface area contributed by atoms with Gasteiger partial charge in [-0.2, -0.15) is 0 Å². The lowest BCUT2D eigenvalue weighted by molar-refractivity contribution is 0.0237. The number of carbonyl (C=O) groups is 1. The van der Waals surface area contributed by atoms with Gasteiger partial charge in [-0.3, -0.25) is 0 Å². The highest BCUT2D eigenvalue weighted by molar-refractivity contribution is 6.33. The fourth-order valence-electron chi connectivity index (χ4n) is 3.27. The van der Waals surface area contributed by atoms with Crippen molar-refractivity contribution < 1.29 is 9.53 Å². The van der Waals surface area contributed by atoms with E-state index in [4.69, 9.17) is 16.3 Å². The van der Waals surface area contributed by atoms with Crippen LogP contribution >= 0.6 is 11.6 Å². The minimum absolute atomic E-state index is 0.224. The minimum Gasteiger partial charge on any atom is -0.444 e. The van der Waals surface area contributed by atoms with Crippen molar-refractivity contribution in [2.45, 2.75) is 46.1 Å². The predicted molar refractivity (Wildman–Crippen MR) is 121 cm³/mol. The predicted octanol–water partition coefficient (Wildman–Crippen LogP) is 6.81. The zero-order valence-corrected chi connectivity index (χ0v) is 18.3. The van der Waals surface area contributed by atoms with Crippen LogP contribution in [-0.4, -0.2) is 29.7 Å². The molecule has 1 saturated heterocycles. The van der Waals surface area contributed by atoms with E-state index in [1.54, 1.807) is 4.90 Å². The summed E-state index contributed by atoms with van der Waals surface area (Å²) >= 11 is 6.34. The average Bonchev–Trinajstić information content (AvgIpc) is 2.64. The zero-order valence-electron chi connectivity index (χ0n) is 17.6. The molecule has 1 aliphatic heterocycles. The molecular weight excluding hydrogens is 384 g/mol. The monoisotopic (exact) mass is 412 g/mol. The van der Waals surface area contributed by atoms with Gasteiger partial charge >= 0.3 is 6.09 Å². The van der Waals surface area contributed by atoms with Crippen molar-refractivity contribution in [3.05, 3.63) is 64.2 Å². The number of amides is 1. The van der Waals surface area contributed by atoms with Gasteiger partial charge in [0.15, 0.2) is 0 Å². The maximum Gasteiger partial charge on any atom is 0.410 e. The Morgan fingerprint density at radius 3 is 2.52 bits per heavy atom. The molecule has 4 nitrogen and oxygen atoms in total. The number of ether oxygens (including phenoxy) is 1. The summed E-state index contributed by atoms with van der Waals surface area (Å²) in [6, 6.07) is 14.3. The lowest BCUT2D eigenvalue weighted by Crippen LogP contribution is -2.40. The number of halogens is 1. The van der Waals surface area contributed by atoms with Crippen LogP contribution in [0.25, 0.3) is 6.08 Å². The van der Waals surface area contributed by atoms with Crippen LogP contribution in [0.4, 0.5) is 16.2 Å². The molecule has 1 N–H and O–H groups in total. The summed E-state index contributed by atoms with van der Waals surface area (Å²) in [7, 11) is 0. The van der Waals surface area contributed by atoms with Crippen molar-refractivity contribution in [1.29, 1.82) is 0 Å². The summed E-state index contributed by atoms with van der Waals surface area (Å²) in [6.45, 7) is 9.09. The Hall–Kier alpha value is -2.46. The Bertz CT molecular complexity index is 905. The van der Waals surface area contributed by atoms with E-state index in [1.165, 1.54) is 5.57 Å². The van der Waals surface area contributed by atoms with E-state index < -0.39 is 5.60 Å². The number of carbonyl (C=O) groups excluding carboxylic acids is 1. The topological polar surface area (TPSA) is 41.6 Å². The number of rotatable bonds is 3. The molecule has 2 aromatic rings. The summed E-state index contributed by atoms with van der Waals surface area (Å²) in [5.41, 5.74) is 5.05. The molecule has 0 saturated carbocycles. The Balaban J connectivity index is 1.63. The van der Waals surface area contributed by atoms with Crippen molar-refractivity contribution in [3.8, 4) is 0 Å². The summed E-state index contributed by atoms with van der Waals surface area (Å²) < 4.78 is 5.47. The third-order valence-corrected chi connectivity index (χ3v) is 5.03. The van der Waals surface area contributed by atoms with Crippen molar-refractivity contribution in [1.82, 2.24) is 4.90 Å². The fourth-order valence-corrected chi connectivity index (χ4v) is 3.55. The summed E-state index contributed by atoms with van der Waals surface area (Å²) in [5.74, 6) is 0. The molecule has 0 bridgehead atoms. The quantitative estimate of drug-likeness (QED) is 0.602. The SMILES string of the molecule is Cc1ccc(Nc2cccc(C=C3CCN(C(=O)OC(C)(C)C)CC3)c2)c(Cl)c1. The van der Waals surface area contributed by atoms with Gasteiger partial charge in [0.1, 0.15) is 5.60 Å². The van der Waals surface area contributed by atoms with Crippen LogP contribution in [0.5, 0.6) is 0 Å². The van der Waals surface area contributed by atoms with Gasteiger partial charge in [0, 0.05) is 18.8 Å². The molecule has 0 radical (unpaired) electrons. The molecule has 0 unspecified atom stereocenters. The number of aryl methyl sites for hydroxylation is 1. The highest BCUT2D eigenvalue weighted by Gasteiger charge is 2.24. The van der Waals surface area contributed by atoms with Crippen molar-refractivity contribution >= 4 is 35.1 Å². The number of anilines is 2. The average molecular weight is 413 g/mol. The van der Waals surface area contributed by atoms with Gasteiger partial charge in [0.2, 0.25) is 0 Å². The second-order valence-corrected chi connectivity index (χ2v) is 8.91. The second kappa shape index (κ2) is 8.91. The first kappa shape index (κ1) is 21.3. The summed E-state index contributed by atoms with van der Waals surface area (Å²) in [4.78, 5) is 14.0. The molecule has 1 amide bonds. The largest absolute Gasteiger partial charge is 0.444 e. The molecule has 3 rings (SSSR count). The molecule has 1 aliphatic rings. The van der Waals surface area contributed by atoms with Crippen molar-refractivity contribution in [3.63, 3.8) is 0 Å². The molecule has 29 heavy (non-hydrogen) atoms. The maximum absolute atomic E-state index is 12.2. The van der Waals surface area contributed by atoms with Crippen LogP contribution in [0.3, 0.4) is 0 Å². The summed E-state index contributed by atoms with van der Waals surface area (Å²) in [5, 5.41) is 4.10. The number of piperidine rings is 1. The van der Waals surface area contributed by atoms with Crippen molar-refractivity contribution in [2.24, 2.45) is 0 Å². The van der Waals surface area contributed by atoms with Crippen molar-refractivity contribution in [2.75, 3.05) is 18.4 Å². The number of hydrogen-bond donors (Lipinski definition) is 1. The molecule has 0 aromatic heterocycles. The van der Waals surface area contributed by atoms with Crippen LogP contribution < -0.4 is 5.32 Å². The smallest absolute Gasteiger partial charge is 0.410 e. The van der Waals surface area contributed by atoms with Gasteiger partial charge in [-0.05, 0) is 75.9 Å². The lowest BCUT2D eigenvalue weighted by atomic mass is 10.0. The van der Waals surface area contributed by atoms with E-state index in [-0.39, 0.29) is 6.09 Å². The first-order valence-corrected chi connectivity index (χ1v) is 10.4. The molecule has 0 aliphatic carbocycles. The first-order chi connectivity index (χ1) is 13.7. The molecule has 1 heterocycles. The number of nitrogens with zero attached hydrogens (tertiary/aromatic N) is 1. The molecule has 1 fully saturated rings. The summed E-state index contributed by atoms with van der Waals surface area (Å²) in [6.07, 6.45) is 3.72. The highest BCUT2D eigenvalue weighted by Crippen LogP contribution is 2.28. The second-order valence-electron chi connectivity index (χ2n) is 8.50. The van der Waals surface area contributed by atoms with Crippen LogP contribution in [-0.2, 0) is 4.74 Å². The van der Waals surface area contributed by atoms with E-state index in [0.29, 0.717) is 18.1 Å². The molecule has 5 heteroatoms. The Morgan fingerprint density at radius 1 is 1.14 bits per heavy atom. The normalized spacial score (nSPS) is 14.5. The van der Waals surface area contributed by atoms with Crippen LogP contribution in [0.15, 0.2) is 48.0 Å². The number of benzene rings is 2. The fraction of sp³-hybridized carbons (Fsp3) is 0.375. The Kier molecular flexibility index (Phi) is 6.53. The molecule has 2 aromatic carbocycles. The third-order valence-electron chi connectivity index (χ3n) is 4.72. The van der Waals surface area contributed by atoms with Gasteiger partial charge in [-0.1, -0.05) is 41.4 Å². The van der Waals surface area contributed by atoms with E-state index >= 15 is 0 Å². The molecule has 0 spiro atoms. The molecule has 0 atom stereocenters. The van der Waals surface area contributed by atoms with Gasteiger partial charge in [-0.25, -0.2) is 4.79 Å². The van der Waals surface area contributed by atoms with Gasteiger partial charge in [-0.15, -0.1) is 0 Å². The molecule has 154 valence electrons. The van der Waals surface area contributed by atoms with Crippen LogP contribution in [0, 0.1) is 6.92 Å². The lowest BCUT2D eigenvalue weighted by Gasteiger charge is -2.31. The van der Waals surface area contributed by atoms with E-state index in [9.17, 15) is 4.79 Å². The Morgan fingerprint density at radius 2 is 1.86 bits per heavy atom. The van der Waals surface area contributed by atoms with Crippen LogP contribution in [0.1, 0.15) is 44.7 Å². The maximum atomic E-state index is 12.2. The van der Waals surface area contributed by atoms with E-state index in [0.717, 1.165) is 35.3 Å². The number of nitrogens with one attached hydrogen (secondary N) is 1. The molecular formula is C24H29ClN2O2.